The number of nitrogens with zero attached hydrogens (tertiary/aromatic N) is 1. The van der Waals surface area contributed by atoms with Gasteiger partial charge in [-0.25, -0.2) is 0 Å². The molecule has 0 radical (unpaired) electrons. The summed E-state index contributed by atoms with van der Waals surface area (Å²) in [6.45, 7) is 3.51. The lowest BCUT2D eigenvalue weighted by Crippen LogP contribution is -2.35. The maximum absolute atomic E-state index is 5.76. The highest BCUT2D eigenvalue weighted by Crippen LogP contribution is 2.21. The molecule has 16 heavy (non-hydrogen) atoms. The van der Waals surface area contributed by atoms with Gasteiger partial charge in [0.15, 0.2) is 0 Å². The van der Waals surface area contributed by atoms with E-state index in [4.69, 9.17) is 11.6 Å². The zero-order valence-corrected chi connectivity index (χ0v) is 10.5. The molecular formula is C14H20ClN. The number of benzene rings is 1. The number of piperidine rings is 1. The number of hydrogen-bond acceptors (Lipinski definition) is 1. The van der Waals surface area contributed by atoms with Crippen LogP contribution < -0.4 is 0 Å². The molecule has 0 N–H and O–H groups in total. The summed E-state index contributed by atoms with van der Waals surface area (Å²) in [4.78, 5) is 2.48. The molecule has 1 aromatic rings. The van der Waals surface area contributed by atoms with Crippen molar-refractivity contribution in [2.24, 2.45) is 5.92 Å². The molecule has 0 spiro atoms. The summed E-state index contributed by atoms with van der Waals surface area (Å²) in [5.41, 5.74) is 1.48. The molecule has 0 atom stereocenters. The highest BCUT2D eigenvalue weighted by molar-refractivity contribution is 6.18. The maximum atomic E-state index is 5.76. The molecule has 1 saturated heterocycles. The molecule has 1 heterocycles. The van der Waals surface area contributed by atoms with Gasteiger partial charge in [-0.3, -0.25) is 0 Å². The molecule has 1 aromatic carbocycles. The first-order valence-corrected chi connectivity index (χ1v) is 6.74. The lowest BCUT2D eigenvalue weighted by atomic mass is 9.90. The normalized spacial score (nSPS) is 18.8. The van der Waals surface area contributed by atoms with Gasteiger partial charge in [-0.05, 0) is 43.8 Å². The molecule has 0 aromatic heterocycles. The van der Waals surface area contributed by atoms with Crippen molar-refractivity contribution in [2.45, 2.75) is 19.3 Å². The zero-order valence-electron chi connectivity index (χ0n) is 9.74. The predicted octanol–water partition coefficient (Wildman–Crippen LogP) is 3.18. The Morgan fingerprint density at radius 2 is 1.81 bits per heavy atom. The number of alkyl halides is 1. The van der Waals surface area contributed by atoms with Gasteiger partial charge >= 0.3 is 0 Å². The third-order valence-corrected chi connectivity index (χ3v) is 3.64. The van der Waals surface area contributed by atoms with E-state index in [1.807, 2.05) is 0 Å². The summed E-state index contributed by atoms with van der Waals surface area (Å²) in [5.74, 6) is 1.64. The molecule has 0 bridgehead atoms. The fraction of sp³-hybridized carbons (Fsp3) is 0.571. The molecule has 2 heteroatoms. The van der Waals surface area contributed by atoms with Crippen LogP contribution in [0.5, 0.6) is 0 Å². The van der Waals surface area contributed by atoms with Crippen LogP contribution in [-0.2, 0) is 6.42 Å². The third kappa shape index (κ3) is 3.50. The second kappa shape index (κ2) is 6.27. The van der Waals surface area contributed by atoms with Gasteiger partial charge in [-0.15, -0.1) is 11.6 Å². The molecule has 0 amide bonds. The lowest BCUT2D eigenvalue weighted by molar-refractivity contribution is 0.193. The van der Waals surface area contributed by atoms with Crippen molar-refractivity contribution < 1.29 is 0 Å². The van der Waals surface area contributed by atoms with Crippen molar-refractivity contribution in [3.63, 3.8) is 0 Å². The minimum atomic E-state index is 0.767. The van der Waals surface area contributed by atoms with Crippen molar-refractivity contribution >= 4 is 11.6 Å². The molecule has 2 rings (SSSR count). The van der Waals surface area contributed by atoms with Crippen molar-refractivity contribution in [1.29, 1.82) is 0 Å². The predicted molar refractivity (Wildman–Crippen MR) is 70.0 cm³/mol. The highest BCUT2D eigenvalue weighted by Gasteiger charge is 2.18. The average Bonchev–Trinajstić information content (AvgIpc) is 2.33. The first-order valence-electron chi connectivity index (χ1n) is 6.20. The number of halogens is 1. The monoisotopic (exact) mass is 237 g/mol. The topological polar surface area (TPSA) is 3.24 Å². The smallest absolute Gasteiger partial charge is 0.0351 e. The Balaban J connectivity index is 1.77. The maximum Gasteiger partial charge on any atom is 0.0351 e. The summed E-state index contributed by atoms with van der Waals surface area (Å²) in [7, 11) is 0. The van der Waals surface area contributed by atoms with Crippen LogP contribution in [0.15, 0.2) is 30.3 Å². The van der Waals surface area contributed by atoms with Crippen LogP contribution in [0.25, 0.3) is 0 Å². The molecule has 88 valence electrons. The van der Waals surface area contributed by atoms with Gasteiger partial charge < -0.3 is 4.90 Å². The van der Waals surface area contributed by atoms with Crippen molar-refractivity contribution in [3.05, 3.63) is 35.9 Å². The van der Waals surface area contributed by atoms with E-state index in [1.165, 1.54) is 37.9 Å². The van der Waals surface area contributed by atoms with E-state index in [-0.39, 0.29) is 0 Å². The van der Waals surface area contributed by atoms with Crippen LogP contribution in [0.1, 0.15) is 18.4 Å². The van der Waals surface area contributed by atoms with E-state index in [0.717, 1.165) is 18.3 Å². The van der Waals surface area contributed by atoms with Gasteiger partial charge in [-0.1, -0.05) is 30.3 Å². The minimum Gasteiger partial charge on any atom is -0.302 e. The summed E-state index contributed by atoms with van der Waals surface area (Å²) in [6.07, 6.45) is 3.90. The Kier molecular flexibility index (Phi) is 4.68. The first kappa shape index (κ1) is 11.9. The SMILES string of the molecule is ClCCN1CCC(Cc2ccccc2)CC1. The van der Waals surface area contributed by atoms with Crippen molar-refractivity contribution in [1.82, 2.24) is 4.90 Å². The Hall–Kier alpha value is -0.530. The lowest BCUT2D eigenvalue weighted by Gasteiger charge is -2.31. The molecule has 1 nitrogen and oxygen atoms in total. The molecule has 1 aliphatic rings. The van der Waals surface area contributed by atoms with Gasteiger partial charge in [0.05, 0.1) is 0 Å². The first-order chi connectivity index (χ1) is 7.88. The second-order valence-electron chi connectivity index (χ2n) is 4.66. The molecule has 1 fully saturated rings. The fourth-order valence-electron chi connectivity index (χ4n) is 2.48. The quantitative estimate of drug-likeness (QED) is 0.728. The summed E-state index contributed by atoms with van der Waals surface area (Å²) < 4.78 is 0. The van der Waals surface area contributed by atoms with Gasteiger partial charge in [0, 0.05) is 12.4 Å². The van der Waals surface area contributed by atoms with E-state index < -0.39 is 0 Å². The highest BCUT2D eigenvalue weighted by atomic mass is 35.5. The van der Waals surface area contributed by atoms with Gasteiger partial charge in [0.2, 0.25) is 0 Å². The molecule has 0 unspecified atom stereocenters. The Bertz CT molecular complexity index is 291. The summed E-state index contributed by atoms with van der Waals surface area (Å²) in [6, 6.07) is 10.8. The van der Waals surface area contributed by atoms with Crippen LogP contribution in [0.2, 0.25) is 0 Å². The van der Waals surface area contributed by atoms with Crippen LogP contribution in [0.4, 0.5) is 0 Å². The number of hydrogen-bond donors (Lipinski definition) is 0. The Morgan fingerprint density at radius 1 is 1.12 bits per heavy atom. The van der Waals surface area contributed by atoms with Gasteiger partial charge in [-0.2, -0.15) is 0 Å². The van der Waals surface area contributed by atoms with Crippen LogP contribution >= 0.6 is 11.6 Å². The van der Waals surface area contributed by atoms with E-state index in [9.17, 15) is 0 Å². The van der Waals surface area contributed by atoms with Crippen molar-refractivity contribution in [3.8, 4) is 0 Å². The van der Waals surface area contributed by atoms with Gasteiger partial charge in [0.25, 0.3) is 0 Å². The van der Waals surface area contributed by atoms with Crippen LogP contribution in [-0.4, -0.2) is 30.4 Å². The summed E-state index contributed by atoms with van der Waals surface area (Å²) in [5, 5.41) is 0. The van der Waals surface area contributed by atoms with Gasteiger partial charge in [0.1, 0.15) is 0 Å². The number of likely N-dealkylation sites (tertiary alicyclic amines) is 1. The Labute approximate surface area is 103 Å². The van der Waals surface area contributed by atoms with Crippen LogP contribution in [0.3, 0.4) is 0 Å². The Morgan fingerprint density at radius 3 is 2.44 bits per heavy atom. The van der Waals surface area contributed by atoms with E-state index >= 15 is 0 Å². The van der Waals surface area contributed by atoms with Crippen LogP contribution in [0, 0.1) is 5.92 Å². The largest absolute Gasteiger partial charge is 0.302 e. The number of rotatable bonds is 4. The minimum absolute atomic E-state index is 0.767. The van der Waals surface area contributed by atoms with E-state index in [0.29, 0.717) is 0 Å². The summed E-state index contributed by atoms with van der Waals surface area (Å²) >= 11 is 5.76. The molecular weight excluding hydrogens is 218 g/mol. The van der Waals surface area contributed by atoms with Crippen molar-refractivity contribution in [2.75, 3.05) is 25.5 Å². The third-order valence-electron chi connectivity index (χ3n) is 3.48. The zero-order chi connectivity index (χ0) is 11.2. The molecule has 1 aliphatic heterocycles. The molecule has 0 aliphatic carbocycles. The van der Waals surface area contributed by atoms with E-state index in [2.05, 4.69) is 35.2 Å². The standard InChI is InChI=1S/C14H20ClN/c15-8-11-16-9-6-14(7-10-16)12-13-4-2-1-3-5-13/h1-5,14H,6-12H2. The van der Waals surface area contributed by atoms with E-state index in [1.54, 1.807) is 0 Å². The second-order valence-corrected chi connectivity index (χ2v) is 5.04. The fourth-order valence-corrected chi connectivity index (χ4v) is 2.72. The molecule has 0 saturated carbocycles. The average molecular weight is 238 g/mol.